The van der Waals surface area contributed by atoms with Gasteiger partial charge in [0.2, 0.25) is 0 Å². The molecule has 3 heteroatoms. The second-order valence-corrected chi connectivity index (χ2v) is 3.41. The van der Waals surface area contributed by atoms with E-state index in [1.165, 1.54) is 12.8 Å². The van der Waals surface area contributed by atoms with Crippen molar-refractivity contribution in [2.45, 2.75) is 31.7 Å². The van der Waals surface area contributed by atoms with Gasteiger partial charge in [-0.1, -0.05) is 6.42 Å². The third kappa shape index (κ3) is 2.72. The van der Waals surface area contributed by atoms with Crippen molar-refractivity contribution >= 4 is 0 Å². The fraction of sp³-hybridized carbons (Fsp3) is 1.00. The maximum absolute atomic E-state index is 11.9. The van der Waals surface area contributed by atoms with E-state index < -0.39 is 0 Å². The Morgan fingerprint density at radius 1 is 1.42 bits per heavy atom. The fourth-order valence-electron chi connectivity index (χ4n) is 1.82. The van der Waals surface area contributed by atoms with Gasteiger partial charge in [0.05, 0.1) is 13.3 Å². The molecule has 0 aromatic rings. The highest BCUT2D eigenvalue weighted by molar-refractivity contribution is 4.75. The number of hydrogen-bond donors (Lipinski definition) is 1. The summed E-state index contributed by atoms with van der Waals surface area (Å²) < 4.78 is 11.9. The molecule has 0 saturated carbocycles. The van der Waals surface area contributed by atoms with Gasteiger partial charge in [-0.05, 0) is 25.8 Å². The average Bonchev–Trinajstić information content (AvgIpc) is 2.15. The number of aliphatic hydroxyl groups excluding tert-OH is 1. The molecule has 2 nitrogen and oxygen atoms in total. The molecule has 1 rings (SSSR count). The Balaban J connectivity index is 2.26. The van der Waals surface area contributed by atoms with Crippen LogP contribution in [0, 0.1) is 0 Å². The largest absolute Gasteiger partial charge is 0.395 e. The molecule has 12 heavy (non-hydrogen) atoms. The monoisotopic (exact) mass is 175 g/mol. The highest BCUT2D eigenvalue weighted by atomic mass is 19.1. The summed E-state index contributed by atoms with van der Waals surface area (Å²) >= 11 is 0. The van der Waals surface area contributed by atoms with Crippen LogP contribution in [0.25, 0.3) is 0 Å². The van der Waals surface area contributed by atoms with Crippen LogP contribution < -0.4 is 0 Å². The molecule has 0 spiro atoms. The van der Waals surface area contributed by atoms with Gasteiger partial charge in [0.15, 0.2) is 0 Å². The quantitative estimate of drug-likeness (QED) is 0.694. The van der Waals surface area contributed by atoms with Crippen molar-refractivity contribution in [3.05, 3.63) is 0 Å². The lowest BCUT2D eigenvalue weighted by atomic mass is 10.0. The van der Waals surface area contributed by atoms with Crippen LogP contribution in [-0.2, 0) is 0 Å². The zero-order valence-corrected chi connectivity index (χ0v) is 7.51. The van der Waals surface area contributed by atoms with Crippen LogP contribution in [-0.4, -0.2) is 42.4 Å². The number of halogens is 1. The molecule has 1 aliphatic rings. The van der Waals surface area contributed by atoms with Crippen molar-refractivity contribution in [3.8, 4) is 0 Å². The predicted molar refractivity (Wildman–Crippen MR) is 46.9 cm³/mol. The summed E-state index contributed by atoms with van der Waals surface area (Å²) in [6, 6.07) is 0.297. The minimum absolute atomic E-state index is 0.228. The Bertz CT molecular complexity index is 121. The summed E-state index contributed by atoms with van der Waals surface area (Å²) in [5.74, 6) is 0. The summed E-state index contributed by atoms with van der Waals surface area (Å²) in [7, 11) is 0. The summed E-state index contributed by atoms with van der Waals surface area (Å²) in [5.41, 5.74) is 0. The van der Waals surface area contributed by atoms with Crippen molar-refractivity contribution in [2.75, 3.05) is 26.4 Å². The molecular weight excluding hydrogens is 157 g/mol. The minimum Gasteiger partial charge on any atom is -0.395 e. The van der Waals surface area contributed by atoms with Gasteiger partial charge >= 0.3 is 0 Å². The van der Waals surface area contributed by atoms with Gasteiger partial charge in [-0.3, -0.25) is 9.29 Å². The van der Waals surface area contributed by atoms with E-state index >= 15 is 0 Å². The number of piperidine rings is 1. The molecule has 1 fully saturated rings. The van der Waals surface area contributed by atoms with Gasteiger partial charge in [-0.15, -0.1) is 0 Å². The second kappa shape index (κ2) is 5.49. The summed E-state index contributed by atoms with van der Waals surface area (Å²) in [6.45, 7) is 1.83. The Kier molecular flexibility index (Phi) is 4.54. The van der Waals surface area contributed by atoms with E-state index in [-0.39, 0.29) is 13.3 Å². The first-order valence-corrected chi connectivity index (χ1v) is 4.79. The van der Waals surface area contributed by atoms with Crippen LogP contribution in [0.4, 0.5) is 4.39 Å². The van der Waals surface area contributed by atoms with Crippen LogP contribution in [0.1, 0.15) is 25.7 Å². The van der Waals surface area contributed by atoms with E-state index in [0.29, 0.717) is 12.5 Å². The van der Waals surface area contributed by atoms with Crippen LogP contribution in [0.3, 0.4) is 0 Å². The maximum atomic E-state index is 11.9. The van der Waals surface area contributed by atoms with Gasteiger partial charge < -0.3 is 5.11 Å². The Morgan fingerprint density at radius 2 is 2.25 bits per heavy atom. The molecule has 1 aliphatic heterocycles. The smallest absolute Gasteiger partial charge is 0.0906 e. The summed E-state index contributed by atoms with van der Waals surface area (Å²) in [6.07, 6.45) is 4.08. The minimum atomic E-state index is -0.241. The lowest BCUT2D eigenvalue weighted by molar-refractivity contribution is 0.0875. The van der Waals surface area contributed by atoms with E-state index in [1.807, 2.05) is 0 Å². The van der Waals surface area contributed by atoms with Crippen molar-refractivity contribution < 1.29 is 9.50 Å². The highest BCUT2D eigenvalue weighted by Gasteiger charge is 2.20. The lowest BCUT2D eigenvalue weighted by Crippen LogP contribution is -2.42. The van der Waals surface area contributed by atoms with Crippen molar-refractivity contribution in [1.82, 2.24) is 4.90 Å². The van der Waals surface area contributed by atoms with Crippen LogP contribution >= 0.6 is 0 Å². The molecular formula is C9H18FNO. The Labute approximate surface area is 73.4 Å². The standard InChI is InChI=1S/C9H18FNO/c10-5-3-7-11-6-2-1-4-9(11)8-12/h9,12H,1-8H2. The van der Waals surface area contributed by atoms with Crippen LogP contribution in [0.2, 0.25) is 0 Å². The lowest BCUT2D eigenvalue weighted by Gasteiger charge is -2.34. The molecule has 0 aromatic carbocycles. The molecule has 0 amide bonds. The number of rotatable bonds is 4. The van der Waals surface area contributed by atoms with Gasteiger partial charge in [0, 0.05) is 12.6 Å². The van der Waals surface area contributed by atoms with E-state index in [2.05, 4.69) is 4.90 Å². The Hall–Kier alpha value is -0.150. The molecule has 0 radical (unpaired) electrons. The molecule has 1 N–H and O–H groups in total. The van der Waals surface area contributed by atoms with Crippen LogP contribution in [0.5, 0.6) is 0 Å². The van der Waals surface area contributed by atoms with Crippen molar-refractivity contribution in [3.63, 3.8) is 0 Å². The molecule has 1 heterocycles. The van der Waals surface area contributed by atoms with Gasteiger partial charge in [-0.2, -0.15) is 0 Å². The zero-order chi connectivity index (χ0) is 8.81. The predicted octanol–water partition coefficient (Wildman–Crippen LogP) is 1.19. The van der Waals surface area contributed by atoms with E-state index in [4.69, 9.17) is 5.11 Å². The topological polar surface area (TPSA) is 23.5 Å². The maximum Gasteiger partial charge on any atom is 0.0906 e. The average molecular weight is 175 g/mol. The first-order valence-electron chi connectivity index (χ1n) is 4.79. The van der Waals surface area contributed by atoms with Gasteiger partial charge in [-0.25, -0.2) is 0 Å². The fourth-order valence-corrected chi connectivity index (χ4v) is 1.82. The molecule has 1 unspecified atom stereocenters. The highest BCUT2D eigenvalue weighted by Crippen LogP contribution is 2.16. The normalized spacial score (nSPS) is 26.0. The SMILES string of the molecule is OCC1CCCCN1CCCF. The number of hydrogen-bond acceptors (Lipinski definition) is 2. The first kappa shape index (κ1) is 9.93. The summed E-state index contributed by atoms with van der Waals surface area (Å²) in [5, 5.41) is 9.03. The number of likely N-dealkylation sites (tertiary alicyclic amines) is 1. The van der Waals surface area contributed by atoms with E-state index in [9.17, 15) is 4.39 Å². The molecule has 1 saturated heterocycles. The van der Waals surface area contributed by atoms with E-state index in [0.717, 1.165) is 19.5 Å². The van der Waals surface area contributed by atoms with Crippen LogP contribution in [0.15, 0.2) is 0 Å². The third-order valence-electron chi connectivity index (χ3n) is 2.54. The second-order valence-electron chi connectivity index (χ2n) is 3.41. The molecule has 0 aliphatic carbocycles. The molecule has 1 atom stereocenters. The zero-order valence-electron chi connectivity index (χ0n) is 7.51. The van der Waals surface area contributed by atoms with Crippen molar-refractivity contribution in [2.24, 2.45) is 0 Å². The Morgan fingerprint density at radius 3 is 2.92 bits per heavy atom. The number of aliphatic hydroxyl groups is 1. The first-order chi connectivity index (χ1) is 5.88. The molecule has 0 bridgehead atoms. The molecule has 72 valence electrons. The molecule has 0 aromatic heterocycles. The van der Waals surface area contributed by atoms with Gasteiger partial charge in [0.1, 0.15) is 0 Å². The summed E-state index contributed by atoms with van der Waals surface area (Å²) in [4.78, 5) is 2.21. The number of nitrogens with zero attached hydrogens (tertiary/aromatic N) is 1. The van der Waals surface area contributed by atoms with E-state index in [1.54, 1.807) is 0 Å². The number of alkyl halides is 1. The third-order valence-corrected chi connectivity index (χ3v) is 2.54. The van der Waals surface area contributed by atoms with Crippen molar-refractivity contribution in [1.29, 1.82) is 0 Å². The van der Waals surface area contributed by atoms with Gasteiger partial charge in [0.25, 0.3) is 0 Å².